The number of phosphoric acid groups is 1. The lowest BCUT2D eigenvalue weighted by molar-refractivity contribution is -0.765. The average molecular weight is 451 g/mol. The van der Waals surface area contributed by atoms with Crippen molar-refractivity contribution in [1.29, 1.82) is 0 Å². The molecule has 1 fully saturated rings. The Bertz CT molecular complexity index is 786. The van der Waals surface area contributed by atoms with Gasteiger partial charge in [0, 0.05) is 12.0 Å². The van der Waals surface area contributed by atoms with E-state index in [1.54, 1.807) is 0 Å². The first-order valence-electron chi connectivity index (χ1n) is 8.79. The number of hydrogen-bond donors (Lipinski definition) is 5. The van der Waals surface area contributed by atoms with Crippen LogP contribution in [0.25, 0.3) is 0 Å². The molecule has 0 bridgehead atoms. The number of rotatable bonds is 7. The predicted octanol–water partition coefficient (Wildman–Crippen LogP) is -4.12. The van der Waals surface area contributed by atoms with Crippen molar-refractivity contribution in [3.8, 4) is 0 Å². The van der Waals surface area contributed by atoms with Crippen molar-refractivity contribution in [3.63, 3.8) is 0 Å². The molecular weight excluding hydrogens is 425 g/mol. The number of aliphatic hydroxyl groups is 2. The number of hydrogen-bond acceptors (Lipinski definition) is 9. The van der Waals surface area contributed by atoms with Gasteiger partial charge in [-0.1, -0.05) is 13.8 Å². The number of ether oxygens (including phenoxy) is 1. The molecule has 2 heterocycles. The van der Waals surface area contributed by atoms with Gasteiger partial charge in [0.25, 0.3) is 12.1 Å². The molecule has 0 saturated carbocycles. The Labute approximate surface area is 172 Å². The smallest absolute Gasteiger partial charge is 0.362 e. The molecule has 1 saturated heterocycles. The number of amides is 1. The molecule has 5 atom stereocenters. The molecule has 1 amide bonds. The number of aliphatic hydroxyl groups excluding tert-OH is 2. The van der Waals surface area contributed by atoms with Crippen LogP contribution in [0.2, 0.25) is 0 Å². The molecule has 1 aromatic rings. The molecule has 14 heteroatoms. The number of nitrogens with two attached hydrogens (primary N) is 1. The number of primary amides is 1. The number of carbonyl (C=O) groups is 2. The number of carbonyl (C=O) groups excluding carboxylic acids is 1. The van der Waals surface area contributed by atoms with Crippen LogP contribution >= 0.6 is 7.82 Å². The topological polar surface area (TPSA) is 234 Å². The zero-order valence-electron chi connectivity index (χ0n) is 16.4. The number of aromatic nitrogens is 1. The normalized spacial score (nSPS) is 24.8. The van der Waals surface area contributed by atoms with E-state index < -0.39 is 56.9 Å². The second kappa shape index (κ2) is 10.9. The summed E-state index contributed by atoms with van der Waals surface area (Å²) in [7, 11) is -5.22. The highest BCUT2D eigenvalue weighted by atomic mass is 31.2. The quantitative estimate of drug-likeness (QED) is 0.198. The summed E-state index contributed by atoms with van der Waals surface area (Å²) in [5.74, 6) is -1.38. The zero-order chi connectivity index (χ0) is 23.2. The lowest BCUT2D eigenvalue weighted by Gasteiger charge is -2.30. The van der Waals surface area contributed by atoms with Gasteiger partial charge in [-0.2, -0.15) is 4.57 Å². The molecule has 0 radical (unpaired) electrons. The Morgan fingerprint density at radius 1 is 1.37 bits per heavy atom. The monoisotopic (exact) mass is 451 g/mol. The maximum atomic E-state index is 11.1. The Hall–Kier alpha value is -1.96. The fourth-order valence-electron chi connectivity index (χ4n) is 2.36. The summed E-state index contributed by atoms with van der Waals surface area (Å²) in [4.78, 5) is 42.1. The van der Waals surface area contributed by atoms with Gasteiger partial charge < -0.3 is 50.4 Å². The van der Waals surface area contributed by atoms with Crippen molar-refractivity contribution in [2.24, 2.45) is 11.7 Å². The summed E-state index contributed by atoms with van der Waals surface area (Å²) in [6, 6.07) is 2.47. The summed E-state index contributed by atoms with van der Waals surface area (Å²) in [5.41, 5.74) is 8.73. The molecular formula is C16H26N3O10P. The number of quaternary nitrogens is 1. The van der Waals surface area contributed by atoms with Gasteiger partial charge in [-0.15, -0.1) is 0 Å². The van der Waals surface area contributed by atoms with Gasteiger partial charge in [0.1, 0.15) is 17.8 Å². The number of nitrogens with zero attached hydrogens (tertiary/aromatic N) is 1. The highest BCUT2D eigenvalue weighted by Crippen LogP contribution is 2.30. The number of carboxylic acid groups (broad SMARTS) is 1. The zero-order valence-corrected chi connectivity index (χ0v) is 17.3. The second-order valence-electron chi connectivity index (χ2n) is 6.88. The summed E-state index contributed by atoms with van der Waals surface area (Å²) in [5, 5.41) is 28.0. The standard InChI is InChI=1S/C11H15N2O8P.C5H11NO2/c12-10(16)6-2-1-3-13(4-6)11-9(15)8(14)7(21-11)5-20-22(17,18)19;1-3(2)4(6)5(7)8/h1-4,7-9,11,14-15H,5H2,(H3-,12,16,17,18,19);3-4H,6H2,1-2H3,(H,7,8)/t7-,8-,9-,11-;4-/m10/s1. The average Bonchev–Trinajstić information content (AvgIpc) is 2.94. The number of phosphoric ester groups is 1. The van der Waals surface area contributed by atoms with Gasteiger partial charge in [0.05, 0.1) is 14.4 Å². The van der Waals surface area contributed by atoms with Crippen molar-refractivity contribution in [3.05, 3.63) is 30.1 Å². The molecule has 30 heavy (non-hydrogen) atoms. The summed E-state index contributed by atoms with van der Waals surface area (Å²) in [6.45, 7) is 2.95. The van der Waals surface area contributed by atoms with Crippen molar-refractivity contribution >= 4 is 19.7 Å². The fraction of sp³-hybridized carbons (Fsp3) is 0.562. The van der Waals surface area contributed by atoms with E-state index in [2.05, 4.69) is 10.3 Å². The van der Waals surface area contributed by atoms with Crippen LogP contribution in [-0.4, -0.2) is 58.2 Å². The van der Waals surface area contributed by atoms with Gasteiger partial charge in [-0.3, -0.25) is 4.79 Å². The third-order valence-corrected chi connectivity index (χ3v) is 4.72. The highest BCUT2D eigenvalue weighted by Gasteiger charge is 2.48. The molecule has 0 spiro atoms. The van der Waals surface area contributed by atoms with E-state index in [0.717, 1.165) is 0 Å². The van der Waals surface area contributed by atoms with Crippen LogP contribution in [-0.2, 0) is 18.6 Å². The van der Waals surface area contributed by atoms with E-state index in [4.69, 9.17) is 15.6 Å². The second-order valence-corrected chi connectivity index (χ2v) is 8.03. The molecule has 1 aromatic heterocycles. The molecule has 170 valence electrons. The van der Waals surface area contributed by atoms with Crippen molar-refractivity contribution in [2.45, 2.75) is 44.4 Å². The molecule has 1 aliphatic heterocycles. The Morgan fingerprint density at radius 2 is 1.97 bits per heavy atom. The molecule has 8 N–H and O–H groups in total. The van der Waals surface area contributed by atoms with Crippen LogP contribution in [0.15, 0.2) is 24.5 Å². The van der Waals surface area contributed by atoms with Gasteiger partial charge >= 0.3 is 5.97 Å². The molecule has 2 rings (SSSR count). The highest BCUT2D eigenvalue weighted by molar-refractivity contribution is 7.43. The number of aliphatic carboxylic acids is 1. The largest absolute Gasteiger partial charge is 0.790 e. The minimum atomic E-state index is -5.22. The maximum absolute atomic E-state index is 11.1. The van der Waals surface area contributed by atoms with E-state index in [9.17, 15) is 34.2 Å². The van der Waals surface area contributed by atoms with Gasteiger partial charge in [-0.25, -0.2) is 4.79 Å². The van der Waals surface area contributed by atoms with Crippen molar-refractivity contribution in [1.82, 2.24) is 0 Å². The first-order chi connectivity index (χ1) is 13.7. The van der Waals surface area contributed by atoms with Gasteiger partial charge in [0.15, 0.2) is 24.5 Å². The Morgan fingerprint density at radius 3 is 2.40 bits per heavy atom. The molecule has 0 aromatic carbocycles. The van der Waals surface area contributed by atoms with Crippen LogP contribution in [0.4, 0.5) is 0 Å². The van der Waals surface area contributed by atoms with Crippen LogP contribution in [0, 0.1) is 5.92 Å². The minimum absolute atomic E-state index is 0.132. The van der Waals surface area contributed by atoms with Crippen LogP contribution in [0.5, 0.6) is 0 Å². The first kappa shape index (κ1) is 26.1. The summed E-state index contributed by atoms with van der Waals surface area (Å²) >= 11 is 0. The van der Waals surface area contributed by atoms with E-state index in [0.29, 0.717) is 0 Å². The summed E-state index contributed by atoms with van der Waals surface area (Å²) < 4.78 is 21.1. The SMILES string of the molecule is CC(C)[C@H]([NH3+])C(=O)O.NC(=O)c1ccc[n+]([C@@H]2O[C@H](COP(=O)([O-])[O-])[C@@H](O)[C@H]2O)c1. The number of pyridine rings is 1. The first-order valence-corrected chi connectivity index (χ1v) is 10.2. The van der Waals surface area contributed by atoms with E-state index in [1.807, 2.05) is 13.8 Å². The molecule has 13 nitrogen and oxygen atoms in total. The Kier molecular flexibility index (Phi) is 9.46. The third-order valence-electron chi connectivity index (χ3n) is 4.26. The van der Waals surface area contributed by atoms with Crippen LogP contribution in [0.1, 0.15) is 30.4 Å². The number of carboxylic acids is 1. The van der Waals surface area contributed by atoms with E-state index >= 15 is 0 Å². The lowest BCUT2D eigenvalue weighted by atomic mass is 10.1. The van der Waals surface area contributed by atoms with E-state index in [1.165, 1.54) is 29.1 Å². The fourth-order valence-corrected chi connectivity index (χ4v) is 2.69. The maximum Gasteiger partial charge on any atom is 0.362 e. The van der Waals surface area contributed by atoms with Crippen molar-refractivity contribution in [2.75, 3.05) is 6.61 Å². The van der Waals surface area contributed by atoms with Crippen LogP contribution in [0.3, 0.4) is 0 Å². The summed E-state index contributed by atoms with van der Waals surface area (Å²) in [6.07, 6.45) is -2.44. The molecule has 0 unspecified atom stereocenters. The molecule has 0 aliphatic carbocycles. The third kappa shape index (κ3) is 7.70. The van der Waals surface area contributed by atoms with Crippen LogP contribution < -0.4 is 25.8 Å². The van der Waals surface area contributed by atoms with E-state index in [-0.39, 0.29) is 11.5 Å². The van der Waals surface area contributed by atoms with Gasteiger partial charge in [0.2, 0.25) is 0 Å². The molecule has 1 aliphatic rings. The van der Waals surface area contributed by atoms with Crippen molar-refractivity contribution < 1.29 is 58.8 Å². The predicted molar refractivity (Wildman–Crippen MR) is 93.8 cm³/mol. The Balaban J connectivity index is 0.000000479. The lowest BCUT2D eigenvalue weighted by Crippen LogP contribution is -2.67. The van der Waals surface area contributed by atoms with Gasteiger partial charge in [-0.05, 0) is 6.07 Å². The minimum Gasteiger partial charge on any atom is -0.790 e.